The van der Waals surface area contributed by atoms with Crippen LogP contribution in [0.2, 0.25) is 0 Å². The zero-order valence-electron chi connectivity index (χ0n) is 26.0. The molecule has 10 rings (SSSR count). The first kappa shape index (κ1) is 27.0. The van der Waals surface area contributed by atoms with Crippen LogP contribution in [0.15, 0.2) is 143 Å². The summed E-state index contributed by atoms with van der Waals surface area (Å²) >= 11 is 1.90. The Bertz CT molecular complexity index is 2570. The van der Waals surface area contributed by atoms with Gasteiger partial charge in [-0.25, -0.2) is 0 Å². The summed E-state index contributed by atoms with van der Waals surface area (Å²) in [6.07, 6.45) is 5.40. The van der Waals surface area contributed by atoms with Crippen LogP contribution in [0.1, 0.15) is 37.2 Å². The summed E-state index contributed by atoms with van der Waals surface area (Å²) in [5.74, 6) is 0.729. The second-order valence-electron chi connectivity index (χ2n) is 13.1. The van der Waals surface area contributed by atoms with E-state index in [-0.39, 0.29) is 0 Å². The normalized spacial score (nSPS) is 14.0. The fourth-order valence-electron chi connectivity index (χ4n) is 8.24. The molecule has 0 unspecified atom stereocenters. The molecule has 1 aliphatic carbocycles. The lowest BCUT2D eigenvalue weighted by Gasteiger charge is -2.18. The van der Waals surface area contributed by atoms with Gasteiger partial charge in [-0.3, -0.25) is 0 Å². The van der Waals surface area contributed by atoms with Crippen molar-refractivity contribution in [1.82, 2.24) is 0 Å². The predicted molar refractivity (Wildman–Crippen MR) is 202 cm³/mol. The summed E-state index contributed by atoms with van der Waals surface area (Å²) in [4.78, 5) is 0. The van der Waals surface area contributed by atoms with Crippen LogP contribution in [0.4, 0.5) is 0 Å². The first-order valence-electron chi connectivity index (χ1n) is 16.8. The molecule has 47 heavy (non-hydrogen) atoms. The largest absolute Gasteiger partial charge is 0.456 e. The van der Waals surface area contributed by atoms with Gasteiger partial charge in [0.2, 0.25) is 0 Å². The number of hydrogen-bond acceptors (Lipinski definition) is 2. The molecule has 224 valence electrons. The summed E-state index contributed by atoms with van der Waals surface area (Å²) in [6.45, 7) is 0. The van der Waals surface area contributed by atoms with Crippen LogP contribution in [-0.2, 0) is 0 Å². The van der Waals surface area contributed by atoms with Gasteiger partial charge in [0.15, 0.2) is 0 Å². The summed E-state index contributed by atoms with van der Waals surface area (Å²) < 4.78 is 7.59. The number of thiophene rings is 1. The van der Waals surface area contributed by atoms with Crippen molar-refractivity contribution in [3.63, 3.8) is 0 Å². The molecule has 0 aliphatic heterocycles. The van der Waals surface area contributed by atoms with Crippen LogP contribution < -0.4 is 0 Å². The highest BCUT2D eigenvalue weighted by atomic mass is 32.1. The fraction of sp³-hybridized carbons (Fsp3) is 0.111. The number of hydrogen-bond donors (Lipinski definition) is 0. The Labute approximate surface area is 277 Å². The summed E-state index contributed by atoms with van der Waals surface area (Å²) in [5.41, 5.74) is 11.0. The minimum Gasteiger partial charge on any atom is -0.456 e. The number of para-hydroxylation sites is 1. The Morgan fingerprint density at radius 2 is 0.979 bits per heavy atom. The van der Waals surface area contributed by atoms with E-state index in [0.29, 0.717) is 0 Å². The molecule has 1 fully saturated rings. The molecule has 2 heteroatoms. The maximum Gasteiger partial charge on any atom is 0.135 e. The van der Waals surface area contributed by atoms with Gasteiger partial charge in [-0.05, 0) is 120 Å². The molecule has 7 aromatic carbocycles. The molecule has 2 heterocycles. The smallest absolute Gasteiger partial charge is 0.135 e. The summed E-state index contributed by atoms with van der Waals surface area (Å²) in [6, 6.07) is 49.1. The average Bonchev–Trinajstić information content (AvgIpc) is 3.89. The first-order valence-corrected chi connectivity index (χ1v) is 17.7. The number of furan rings is 1. The van der Waals surface area contributed by atoms with Crippen molar-refractivity contribution in [3.8, 4) is 33.4 Å². The van der Waals surface area contributed by atoms with Crippen LogP contribution in [-0.4, -0.2) is 0 Å². The van der Waals surface area contributed by atoms with E-state index in [1.807, 2.05) is 23.5 Å². The molecule has 2 aromatic heterocycles. The quantitative estimate of drug-likeness (QED) is 0.178. The van der Waals surface area contributed by atoms with Gasteiger partial charge in [0.05, 0.1) is 0 Å². The third-order valence-corrected chi connectivity index (χ3v) is 11.5. The highest BCUT2D eigenvalue weighted by Crippen LogP contribution is 2.46. The molecule has 0 saturated heterocycles. The van der Waals surface area contributed by atoms with Crippen molar-refractivity contribution in [2.45, 2.75) is 31.6 Å². The van der Waals surface area contributed by atoms with E-state index in [9.17, 15) is 0 Å². The predicted octanol–water partition coefficient (Wildman–Crippen LogP) is 13.8. The molecule has 0 spiro atoms. The zero-order chi connectivity index (χ0) is 30.9. The maximum absolute atomic E-state index is 6.18. The third-order valence-electron chi connectivity index (χ3n) is 10.5. The maximum atomic E-state index is 6.18. The van der Waals surface area contributed by atoms with Gasteiger partial charge in [0.1, 0.15) is 11.2 Å². The van der Waals surface area contributed by atoms with Gasteiger partial charge in [-0.2, -0.15) is 0 Å². The van der Waals surface area contributed by atoms with Gasteiger partial charge in [0.25, 0.3) is 0 Å². The molecule has 0 atom stereocenters. The summed E-state index contributed by atoms with van der Waals surface area (Å²) in [5, 5.41) is 11.3. The molecule has 9 aromatic rings. The standard InChI is InChI=1S/C45H32OS/c1-2-10-29(9-1)40-27-47-43-24-22-31(25-39(40)43)28-17-19-30(20-18-28)44-34-12-3-5-14-36(34)45(37-15-6-4-13-35(37)44)32-21-23-42-38(26-32)33-11-7-8-16-41(33)46-42/h3-8,11-27,29H,1-2,9-10H2. The molecular weight excluding hydrogens is 589 g/mol. The van der Waals surface area contributed by atoms with Gasteiger partial charge >= 0.3 is 0 Å². The highest BCUT2D eigenvalue weighted by molar-refractivity contribution is 7.17. The number of rotatable bonds is 4. The van der Waals surface area contributed by atoms with Crippen LogP contribution in [0.25, 0.3) is 87.0 Å². The SMILES string of the molecule is c1ccc2c(c1)oc1ccc(-c3c4ccccc4c(-c4ccc(-c5ccc6scc(C7CCCC7)c6c5)cc4)c4ccccc34)cc12. The molecule has 0 N–H and O–H groups in total. The second kappa shape index (κ2) is 10.7. The lowest BCUT2D eigenvalue weighted by atomic mass is 9.85. The van der Waals surface area contributed by atoms with Crippen molar-refractivity contribution in [3.05, 3.63) is 144 Å². The Kier molecular flexibility index (Phi) is 6.14. The van der Waals surface area contributed by atoms with Crippen LogP contribution >= 0.6 is 11.3 Å². The van der Waals surface area contributed by atoms with Crippen molar-refractivity contribution >= 4 is 64.9 Å². The molecule has 0 bridgehead atoms. The monoisotopic (exact) mass is 620 g/mol. The van der Waals surface area contributed by atoms with Crippen molar-refractivity contribution in [2.75, 3.05) is 0 Å². The Hall–Kier alpha value is -5.18. The molecule has 1 aliphatic rings. The van der Waals surface area contributed by atoms with Gasteiger partial charge in [-0.1, -0.05) is 116 Å². The average molecular weight is 621 g/mol. The summed E-state index contributed by atoms with van der Waals surface area (Å²) in [7, 11) is 0. The topological polar surface area (TPSA) is 13.1 Å². The Balaban J connectivity index is 1.13. The minimum absolute atomic E-state index is 0.729. The van der Waals surface area contributed by atoms with E-state index >= 15 is 0 Å². The van der Waals surface area contributed by atoms with Crippen molar-refractivity contribution < 1.29 is 4.42 Å². The zero-order valence-corrected chi connectivity index (χ0v) is 26.8. The second-order valence-corrected chi connectivity index (χ2v) is 14.0. The lowest BCUT2D eigenvalue weighted by molar-refractivity contribution is 0.669. The first-order chi connectivity index (χ1) is 23.3. The van der Waals surface area contributed by atoms with E-state index in [4.69, 9.17) is 4.42 Å². The van der Waals surface area contributed by atoms with Gasteiger partial charge in [-0.15, -0.1) is 11.3 Å². The molecule has 1 saturated carbocycles. The minimum atomic E-state index is 0.729. The lowest BCUT2D eigenvalue weighted by Crippen LogP contribution is -1.91. The highest BCUT2D eigenvalue weighted by Gasteiger charge is 2.21. The van der Waals surface area contributed by atoms with E-state index in [2.05, 4.69) is 127 Å². The fourth-order valence-corrected chi connectivity index (χ4v) is 9.27. The van der Waals surface area contributed by atoms with E-state index in [0.717, 1.165) is 27.9 Å². The third kappa shape index (κ3) is 4.28. The van der Waals surface area contributed by atoms with E-state index < -0.39 is 0 Å². The van der Waals surface area contributed by atoms with Gasteiger partial charge < -0.3 is 4.42 Å². The van der Waals surface area contributed by atoms with Crippen molar-refractivity contribution in [2.24, 2.45) is 0 Å². The van der Waals surface area contributed by atoms with E-state index in [1.54, 1.807) is 5.56 Å². The molecule has 1 nitrogen and oxygen atoms in total. The van der Waals surface area contributed by atoms with Crippen LogP contribution in [0.5, 0.6) is 0 Å². The molecular formula is C45H32OS. The molecule has 0 amide bonds. The van der Waals surface area contributed by atoms with Crippen molar-refractivity contribution in [1.29, 1.82) is 0 Å². The number of fused-ring (bicyclic) bond motifs is 6. The van der Waals surface area contributed by atoms with Crippen LogP contribution in [0, 0.1) is 0 Å². The number of benzene rings is 7. The van der Waals surface area contributed by atoms with Crippen LogP contribution in [0.3, 0.4) is 0 Å². The van der Waals surface area contributed by atoms with E-state index in [1.165, 1.54) is 90.7 Å². The Morgan fingerprint density at radius 3 is 1.68 bits per heavy atom. The van der Waals surface area contributed by atoms with Gasteiger partial charge in [0, 0.05) is 15.5 Å². The molecule has 0 radical (unpaired) electrons. The Morgan fingerprint density at radius 1 is 0.447 bits per heavy atom.